The number of amides is 1. The third-order valence-corrected chi connectivity index (χ3v) is 6.60. The molecule has 1 saturated heterocycles. The molecule has 0 radical (unpaired) electrons. The fourth-order valence-corrected chi connectivity index (χ4v) is 4.98. The van der Waals surface area contributed by atoms with Gasteiger partial charge in [0.1, 0.15) is 17.5 Å². The van der Waals surface area contributed by atoms with Crippen LogP contribution in [0.1, 0.15) is 37.2 Å². The molecule has 1 amide bonds. The van der Waals surface area contributed by atoms with Crippen molar-refractivity contribution < 1.29 is 23.1 Å². The molecule has 2 fully saturated rings. The van der Waals surface area contributed by atoms with Gasteiger partial charge in [-0.2, -0.15) is 0 Å². The Hall–Kier alpha value is -2.80. The Bertz CT molecular complexity index is 1140. The van der Waals surface area contributed by atoms with Gasteiger partial charge >= 0.3 is 0 Å². The standard InChI is InChI=1S/C24H23F3N2O2/c25-16-5-3-13(4-6-16)22-21(19-10-17(26)11-20(27)23(19)28-22)14-8-15(9-14)24(31)29-7-1-2-18(30)12-29/h3-6,10-11,14-15,18,28,30H,1-2,7-9,12H2. The number of hydrogen-bond donors (Lipinski definition) is 2. The lowest BCUT2D eigenvalue weighted by Gasteiger charge is -2.40. The summed E-state index contributed by atoms with van der Waals surface area (Å²) in [4.78, 5) is 17.6. The number of halogens is 3. The highest BCUT2D eigenvalue weighted by atomic mass is 19.1. The first kappa shape index (κ1) is 20.1. The number of piperidine rings is 1. The molecule has 2 N–H and O–H groups in total. The number of aliphatic hydroxyl groups excluding tert-OH is 1. The average Bonchev–Trinajstić information content (AvgIpc) is 3.07. The maximum atomic E-state index is 14.5. The fraction of sp³-hybridized carbons (Fsp3) is 0.375. The molecule has 2 aromatic carbocycles. The topological polar surface area (TPSA) is 56.3 Å². The van der Waals surface area contributed by atoms with Gasteiger partial charge in [0, 0.05) is 30.5 Å². The van der Waals surface area contributed by atoms with Crippen LogP contribution >= 0.6 is 0 Å². The zero-order valence-electron chi connectivity index (χ0n) is 16.9. The van der Waals surface area contributed by atoms with E-state index >= 15 is 0 Å². The van der Waals surface area contributed by atoms with Crippen molar-refractivity contribution in [3.63, 3.8) is 0 Å². The summed E-state index contributed by atoms with van der Waals surface area (Å²) in [6.45, 7) is 1.02. The number of rotatable bonds is 3. The number of β-amino-alcohol motifs (C(OH)–C–C–N with tert-alkyl or cyclic N) is 1. The Balaban J connectivity index is 1.47. The number of nitrogens with one attached hydrogen (secondary N) is 1. The van der Waals surface area contributed by atoms with E-state index in [-0.39, 0.29) is 29.1 Å². The van der Waals surface area contributed by atoms with E-state index in [4.69, 9.17) is 0 Å². The van der Waals surface area contributed by atoms with Crippen LogP contribution in [0, 0.1) is 23.4 Å². The average molecular weight is 428 g/mol. The first-order chi connectivity index (χ1) is 14.9. The molecule has 162 valence electrons. The number of benzene rings is 2. The predicted molar refractivity (Wildman–Crippen MR) is 111 cm³/mol. The Morgan fingerprint density at radius 2 is 1.81 bits per heavy atom. The number of aromatic nitrogens is 1. The number of nitrogens with zero attached hydrogens (tertiary/aromatic N) is 1. The molecule has 31 heavy (non-hydrogen) atoms. The lowest BCUT2D eigenvalue weighted by Crippen LogP contribution is -2.47. The number of carbonyl (C=O) groups is 1. The lowest BCUT2D eigenvalue weighted by atomic mass is 9.69. The van der Waals surface area contributed by atoms with Crippen molar-refractivity contribution in [1.29, 1.82) is 0 Å². The van der Waals surface area contributed by atoms with Gasteiger partial charge in [0.15, 0.2) is 0 Å². The molecule has 1 atom stereocenters. The largest absolute Gasteiger partial charge is 0.391 e. The number of carbonyl (C=O) groups excluding carboxylic acids is 1. The predicted octanol–water partition coefficient (Wildman–Crippen LogP) is 4.73. The summed E-state index contributed by atoms with van der Waals surface area (Å²) in [6, 6.07) is 8.02. The molecule has 2 heterocycles. The maximum absolute atomic E-state index is 14.5. The lowest BCUT2D eigenvalue weighted by molar-refractivity contribution is -0.141. The van der Waals surface area contributed by atoms with E-state index in [0.29, 0.717) is 49.0 Å². The number of fused-ring (bicyclic) bond motifs is 1. The highest BCUT2D eigenvalue weighted by Crippen LogP contribution is 2.49. The Morgan fingerprint density at radius 3 is 2.52 bits per heavy atom. The van der Waals surface area contributed by atoms with Gasteiger partial charge in [-0.1, -0.05) is 0 Å². The highest BCUT2D eigenvalue weighted by molar-refractivity contribution is 5.92. The van der Waals surface area contributed by atoms with Gasteiger partial charge in [-0.15, -0.1) is 0 Å². The summed E-state index contributed by atoms with van der Waals surface area (Å²) in [5.74, 6) is -1.89. The van der Waals surface area contributed by atoms with Crippen LogP contribution in [0.3, 0.4) is 0 Å². The molecule has 1 saturated carbocycles. The number of aromatic amines is 1. The van der Waals surface area contributed by atoms with Gasteiger partial charge in [-0.25, -0.2) is 13.2 Å². The van der Waals surface area contributed by atoms with Crippen molar-refractivity contribution in [2.75, 3.05) is 13.1 Å². The second-order valence-electron chi connectivity index (χ2n) is 8.68. The first-order valence-corrected chi connectivity index (χ1v) is 10.6. The maximum Gasteiger partial charge on any atom is 0.225 e. The van der Waals surface area contributed by atoms with Crippen molar-refractivity contribution in [2.45, 2.75) is 37.7 Å². The molecule has 1 aliphatic heterocycles. The van der Waals surface area contributed by atoms with Crippen LogP contribution in [0.5, 0.6) is 0 Å². The van der Waals surface area contributed by atoms with E-state index < -0.39 is 17.7 Å². The van der Waals surface area contributed by atoms with Crippen molar-refractivity contribution in [3.8, 4) is 11.3 Å². The molecule has 1 aliphatic carbocycles. The van der Waals surface area contributed by atoms with Gasteiger partial charge in [0.2, 0.25) is 5.91 Å². The van der Waals surface area contributed by atoms with Crippen LogP contribution in [-0.4, -0.2) is 40.1 Å². The van der Waals surface area contributed by atoms with Gasteiger partial charge < -0.3 is 15.0 Å². The molecule has 4 nitrogen and oxygen atoms in total. The molecule has 0 bridgehead atoms. The van der Waals surface area contributed by atoms with Crippen molar-refractivity contribution in [2.24, 2.45) is 5.92 Å². The Kier molecular flexibility index (Phi) is 5.01. The number of likely N-dealkylation sites (tertiary alicyclic amines) is 1. The molecule has 3 aromatic rings. The van der Waals surface area contributed by atoms with E-state index in [1.54, 1.807) is 17.0 Å². The quantitative estimate of drug-likeness (QED) is 0.634. The summed E-state index contributed by atoms with van der Waals surface area (Å²) in [7, 11) is 0. The smallest absolute Gasteiger partial charge is 0.225 e. The molecular formula is C24H23F3N2O2. The fourth-order valence-electron chi connectivity index (χ4n) is 4.98. The number of hydrogen-bond acceptors (Lipinski definition) is 2. The van der Waals surface area contributed by atoms with E-state index in [0.717, 1.165) is 18.1 Å². The second-order valence-corrected chi connectivity index (χ2v) is 8.68. The summed E-state index contributed by atoms with van der Waals surface area (Å²) < 4.78 is 41.9. The second kappa shape index (κ2) is 7.71. The van der Waals surface area contributed by atoms with Gasteiger partial charge in [0.25, 0.3) is 0 Å². The molecule has 1 unspecified atom stereocenters. The van der Waals surface area contributed by atoms with Gasteiger partial charge in [-0.05, 0) is 73.1 Å². The van der Waals surface area contributed by atoms with Gasteiger partial charge in [0.05, 0.1) is 17.3 Å². The van der Waals surface area contributed by atoms with Crippen LogP contribution in [0.4, 0.5) is 13.2 Å². The monoisotopic (exact) mass is 428 g/mol. The van der Waals surface area contributed by atoms with Crippen LogP contribution in [-0.2, 0) is 4.79 Å². The normalized spacial score (nSPS) is 23.7. The van der Waals surface area contributed by atoms with Crippen LogP contribution in [0.15, 0.2) is 36.4 Å². The minimum absolute atomic E-state index is 0.0375. The zero-order chi connectivity index (χ0) is 21.7. The number of H-pyrrole nitrogens is 1. The Morgan fingerprint density at radius 1 is 1.06 bits per heavy atom. The molecule has 1 aromatic heterocycles. The van der Waals surface area contributed by atoms with Crippen LogP contribution in [0.2, 0.25) is 0 Å². The van der Waals surface area contributed by atoms with E-state index in [1.807, 2.05) is 0 Å². The minimum Gasteiger partial charge on any atom is -0.391 e. The molecule has 5 rings (SSSR count). The third kappa shape index (κ3) is 3.61. The van der Waals surface area contributed by atoms with E-state index in [2.05, 4.69) is 4.98 Å². The molecular weight excluding hydrogens is 405 g/mol. The van der Waals surface area contributed by atoms with Crippen LogP contribution < -0.4 is 0 Å². The third-order valence-electron chi connectivity index (χ3n) is 6.60. The van der Waals surface area contributed by atoms with E-state index in [9.17, 15) is 23.1 Å². The SMILES string of the molecule is O=C(C1CC(c2c(-c3ccc(F)cc3)[nH]c3c(F)cc(F)cc23)C1)N1CCCC(O)C1. The number of aliphatic hydroxyl groups is 1. The van der Waals surface area contributed by atoms with Gasteiger partial charge in [-0.3, -0.25) is 4.79 Å². The zero-order valence-corrected chi connectivity index (χ0v) is 16.9. The first-order valence-electron chi connectivity index (χ1n) is 10.6. The summed E-state index contributed by atoms with van der Waals surface area (Å²) >= 11 is 0. The Labute approximate surface area is 177 Å². The molecule has 2 aliphatic rings. The van der Waals surface area contributed by atoms with Crippen molar-refractivity contribution >= 4 is 16.8 Å². The summed E-state index contributed by atoms with van der Waals surface area (Å²) in [5.41, 5.74) is 2.29. The highest BCUT2D eigenvalue weighted by Gasteiger charge is 2.40. The van der Waals surface area contributed by atoms with Crippen LogP contribution in [0.25, 0.3) is 22.2 Å². The molecule has 0 spiro atoms. The summed E-state index contributed by atoms with van der Waals surface area (Å²) in [5, 5.41) is 10.3. The van der Waals surface area contributed by atoms with E-state index in [1.165, 1.54) is 18.2 Å². The summed E-state index contributed by atoms with van der Waals surface area (Å²) in [6.07, 6.45) is 2.18. The van der Waals surface area contributed by atoms with Crippen molar-refractivity contribution in [1.82, 2.24) is 9.88 Å². The molecule has 7 heteroatoms. The van der Waals surface area contributed by atoms with Crippen molar-refractivity contribution in [3.05, 3.63) is 59.4 Å². The minimum atomic E-state index is -0.682.